The third-order valence-corrected chi connectivity index (χ3v) is 3.00. The van der Waals surface area contributed by atoms with Crippen molar-refractivity contribution < 1.29 is 27.4 Å². The Morgan fingerprint density at radius 1 is 1.17 bits per heavy atom. The van der Waals surface area contributed by atoms with E-state index in [1.54, 1.807) is 0 Å². The molecule has 0 aromatic heterocycles. The summed E-state index contributed by atoms with van der Waals surface area (Å²) in [6, 6.07) is 4.07. The van der Waals surface area contributed by atoms with Gasteiger partial charge in [-0.2, -0.15) is 13.2 Å². The summed E-state index contributed by atoms with van der Waals surface area (Å²) in [4.78, 5) is 11.7. The number of carbonyl (C=O) groups excluding carboxylic acids is 1. The minimum atomic E-state index is -4.36. The van der Waals surface area contributed by atoms with E-state index in [0.717, 1.165) is 12.1 Å². The molecule has 0 spiro atoms. The monoisotopic (exact) mass is 333 g/mol. The molecule has 1 aromatic rings. The maximum Gasteiger partial charge on any atom is 0.416 e. The molecule has 0 unspecified atom stereocenters. The van der Waals surface area contributed by atoms with E-state index in [4.69, 9.17) is 9.47 Å². The smallest absolute Gasteiger partial charge is 0.416 e. The third kappa shape index (κ3) is 7.00. The van der Waals surface area contributed by atoms with Crippen LogP contribution in [0.4, 0.5) is 13.2 Å². The van der Waals surface area contributed by atoms with Gasteiger partial charge in [0.2, 0.25) is 0 Å². The molecule has 0 saturated heterocycles. The summed E-state index contributed by atoms with van der Waals surface area (Å²) in [5.41, 5.74) is -0.494. The second-order valence-electron chi connectivity index (χ2n) is 6.07. The molecule has 130 valence electrons. The summed E-state index contributed by atoms with van der Waals surface area (Å²) < 4.78 is 47.8. The number of hydrogen-bond donors (Lipinski definition) is 1. The van der Waals surface area contributed by atoms with Crippen molar-refractivity contribution in [1.82, 2.24) is 5.32 Å². The van der Waals surface area contributed by atoms with E-state index < -0.39 is 29.4 Å². The van der Waals surface area contributed by atoms with E-state index in [9.17, 15) is 18.0 Å². The highest BCUT2D eigenvalue weighted by Crippen LogP contribution is 2.29. The molecule has 23 heavy (non-hydrogen) atoms. The molecule has 0 radical (unpaired) electrons. The Labute approximate surface area is 134 Å². The fourth-order valence-corrected chi connectivity index (χ4v) is 1.74. The van der Waals surface area contributed by atoms with Crippen molar-refractivity contribution >= 4 is 5.97 Å². The molecule has 0 aliphatic carbocycles. The normalized spacial score (nSPS) is 13.7. The molecule has 1 atom stereocenters. The number of alkyl halides is 3. The lowest BCUT2D eigenvalue weighted by molar-refractivity contribution is -0.146. The van der Waals surface area contributed by atoms with Gasteiger partial charge in [-0.15, -0.1) is 0 Å². The van der Waals surface area contributed by atoms with Gasteiger partial charge < -0.3 is 9.47 Å². The SMILES string of the molecule is COC(=O)[C@H](COC(C)(C)C)NCc1ccc(C(F)(F)F)cc1. The third-order valence-electron chi connectivity index (χ3n) is 3.00. The lowest BCUT2D eigenvalue weighted by Crippen LogP contribution is -2.42. The molecule has 7 heteroatoms. The zero-order valence-corrected chi connectivity index (χ0v) is 13.7. The second kappa shape index (κ2) is 7.79. The zero-order chi connectivity index (χ0) is 17.7. The number of esters is 1. The van der Waals surface area contributed by atoms with Gasteiger partial charge in [0.1, 0.15) is 6.04 Å². The Hall–Kier alpha value is -1.60. The first-order chi connectivity index (χ1) is 10.5. The van der Waals surface area contributed by atoms with Crippen molar-refractivity contribution in [2.45, 2.75) is 45.1 Å². The number of ether oxygens (including phenoxy) is 2. The van der Waals surface area contributed by atoms with Gasteiger partial charge in [-0.05, 0) is 38.5 Å². The van der Waals surface area contributed by atoms with Gasteiger partial charge in [-0.3, -0.25) is 10.1 Å². The molecule has 0 aliphatic rings. The highest BCUT2D eigenvalue weighted by Gasteiger charge is 2.30. The number of nitrogens with one attached hydrogen (secondary N) is 1. The minimum absolute atomic E-state index is 0.108. The Morgan fingerprint density at radius 2 is 1.74 bits per heavy atom. The van der Waals surface area contributed by atoms with Crippen molar-refractivity contribution in [3.8, 4) is 0 Å². The van der Waals surface area contributed by atoms with E-state index in [0.29, 0.717) is 5.56 Å². The van der Waals surface area contributed by atoms with Gasteiger partial charge in [0.25, 0.3) is 0 Å². The first-order valence-electron chi connectivity index (χ1n) is 7.14. The van der Waals surface area contributed by atoms with Crippen LogP contribution < -0.4 is 5.32 Å². The van der Waals surface area contributed by atoms with Crippen LogP contribution in [0.3, 0.4) is 0 Å². The summed E-state index contributed by atoms with van der Waals surface area (Å²) in [7, 11) is 1.27. The van der Waals surface area contributed by atoms with E-state index >= 15 is 0 Å². The Bertz CT molecular complexity index is 507. The van der Waals surface area contributed by atoms with E-state index in [1.807, 2.05) is 20.8 Å². The van der Waals surface area contributed by atoms with Crippen LogP contribution in [-0.2, 0) is 27.0 Å². The van der Waals surface area contributed by atoms with Crippen molar-refractivity contribution in [1.29, 1.82) is 0 Å². The molecule has 1 aromatic carbocycles. The summed E-state index contributed by atoms with van der Waals surface area (Å²) in [5, 5.41) is 2.94. The Balaban J connectivity index is 2.65. The van der Waals surface area contributed by atoms with Crippen molar-refractivity contribution in [3.05, 3.63) is 35.4 Å². The number of carbonyl (C=O) groups is 1. The topological polar surface area (TPSA) is 47.6 Å². The van der Waals surface area contributed by atoms with Crippen LogP contribution in [-0.4, -0.2) is 31.3 Å². The van der Waals surface area contributed by atoms with Crippen LogP contribution in [0.1, 0.15) is 31.9 Å². The van der Waals surface area contributed by atoms with Crippen LogP contribution in [0.2, 0.25) is 0 Å². The molecule has 4 nitrogen and oxygen atoms in total. The van der Waals surface area contributed by atoms with E-state index in [1.165, 1.54) is 19.2 Å². The highest BCUT2D eigenvalue weighted by molar-refractivity contribution is 5.75. The number of methoxy groups -OCH3 is 1. The molecule has 0 aliphatic heterocycles. The fourth-order valence-electron chi connectivity index (χ4n) is 1.74. The molecule has 0 amide bonds. The number of halogens is 3. The van der Waals surface area contributed by atoms with Gasteiger partial charge in [-0.1, -0.05) is 12.1 Å². The lowest BCUT2D eigenvalue weighted by atomic mass is 10.1. The average Bonchev–Trinajstić information content (AvgIpc) is 2.45. The lowest BCUT2D eigenvalue weighted by Gasteiger charge is -2.24. The Kier molecular flexibility index (Phi) is 6.58. The summed E-state index contributed by atoms with van der Waals surface area (Å²) in [5.74, 6) is -0.485. The number of hydrogen-bond acceptors (Lipinski definition) is 4. The molecular formula is C16H22F3NO3. The molecule has 0 bridgehead atoms. The van der Waals surface area contributed by atoms with Crippen molar-refractivity contribution in [2.75, 3.05) is 13.7 Å². The van der Waals surface area contributed by atoms with Gasteiger partial charge in [0.15, 0.2) is 0 Å². The molecule has 0 fully saturated rings. The standard InChI is InChI=1S/C16H22F3NO3/c1-15(2,3)23-10-13(14(21)22-4)20-9-11-5-7-12(8-6-11)16(17,18)19/h5-8,13,20H,9-10H2,1-4H3/t13-/m0/s1. The fraction of sp³-hybridized carbons (Fsp3) is 0.562. The Morgan fingerprint density at radius 3 is 2.17 bits per heavy atom. The predicted molar refractivity (Wildman–Crippen MR) is 79.8 cm³/mol. The maximum absolute atomic E-state index is 12.5. The summed E-state index contributed by atoms with van der Waals surface area (Å²) in [6.45, 7) is 5.91. The van der Waals surface area contributed by atoms with Gasteiger partial charge in [0.05, 0.1) is 24.9 Å². The maximum atomic E-state index is 12.5. The summed E-state index contributed by atoms with van der Waals surface area (Å²) >= 11 is 0. The highest BCUT2D eigenvalue weighted by atomic mass is 19.4. The molecule has 1 rings (SSSR count). The molecule has 0 heterocycles. The number of benzene rings is 1. The van der Waals surface area contributed by atoms with Crippen LogP contribution >= 0.6 is 0 Å². The summed E-state index contributed by atoms with van der Waals surface area (Å²) in [6.07, 6.45) is -4.36. The number of rotatable bonds is 6. The van der Waals surface area contributed by atoms with Crippen LogP contribution in [0.15, 0.2) is 24.3 Å². The molecule has 0 saturated carbocycles. The second-order valence-corrected chi connectivity index (χ2v) is 6.07. The first-order valence-corrected chi connectivity index (χ1v) is 7.14. The zero-order valence-electron chi connectivity index (χ0n) is 13.7. The minimum Gasteiger partial charge on any atom is -0.468 e. The molecule has 1 N–H and O–H groups in total. The first kappa shape index (κ1) is 19.4. The largest absolute Gasteiger partial charge is 0.468 e. The molecular weight excluding hydrogens is 311 g/mol. The average molecular weight is 333 g/mol. The quantitative estimate of drug-likeness (QED) is 0.813. The van der Waals surface area contributed by atoms with Crippen LogP contribution in [0.25, 0.3) is 0 Å². The van der Waals surface area contributed by atoms with Crippen LogP contribution in [0.5, 0.6) is 0 Å². The van der Waals surface area contributed by atoms with Gasteiger partial charge in [0, 0.05) is 6.54 Å². The van der Waals surface area contributed by atoms with E-state index in [2.05, 4.69) is 5.32 Å². The van der Waals surface area contributed by atoms with Gasteiger partial charge >= 0.3 is 12.1 Å². The van der Waals surface area contributed by atoms with Crippen LogP contribution in [0, 0.1) is 0 Å². The predicted octanol–water partition coefficient (Wildman–Crippen LogP) is 3.15. The van der Waals surface area contributed by atoms with Gasteiger partial charge in [-0.25, -0.2) is 0 Å². The van der Waals surface area contributed by atoms with Crippen molar-refractivity contribution in [3.63, 3.8) is 0 Å². The van der Waals surface area contributed by atoms with Crippen molar-refractivity contribution in [2.24, 2.45) is 0 Å². The van der Waals surface area contributed by atoms with E-state index in [-0.39, 0.29) is 13.2 Å².